The van der Waals surface area contributed by atoms with E-state index in [0.29, 0.717) is 34.0 Å². The highest BCUT2D eigenvalue weighted by atomic mass is 16.5. The average molecular weight is 426 g/mol. The predicted octanol–water partition coefficient (Wildman–Crippen LogP) is 2.98. The zero-order valence-electron chi connectivity index (χ0n) is 18.1. The van der Waals surface area contributed by atoms with Crippen molar-refractivity contribution in [2.45, 2.75) is 19.9 Å². The van der Waals surface area contributed by atoms with Gasteiger partial charge < -0.3 is 29.8 Å². The Balaban J connectivity index is 1.87. The van der Waals surface area contributed by atoms with Gasteiger partial charge in [0.15, 0.2) is 11.5 Å². The van der Waals surface area contributed by atoms with Gasteiger partial charge in [0.1, 0.15) is 17.6 Å². The third-order valence-electron chi connectivity index (χ3n) is 4.82. The number of carbonyl (C=O) groups is 2. The number of rotatable bonds is 8. The van der Waals surface area contributed by atoms with Crippen molar-refractivity contribution in [2.24, 2.45) is 5.92 Å². The third-order valence-corrected chi connectivity index (χ3v) is 4.82. The summed E-state index contributed by atoms with van der Waals surface area (Å²) in [6.07, 6.45) is 1.58. The molecule has 9 nitrogen and oxygen atoms in total. The van der Waals surface area contributed by atoms with Crippen LogP contribution in [0, 0.1) is 5.92 Å². The Morgan fingerprint density at radius 1 is 1.03 bits per heavy atom. The number of benzene rings is 1. The van der Waals surface area contributed by atoms with E-state index in [0.717, 1.165) is 0 Å². The van der Waals surface area contributed by atoms with E-state index in [9.17, 15) is 9.59 Å². The van der Waals surface area contributed by atoms with Crippen LogP contribution in [0.1, 0.15) is 24.3 Å². The number of amides is 2. The molecule has 9 heteroatoms. The number of aromatic nitrogens is 2. The lowest BCUT2D eigenvalue weighted by Crippen LogP contribution is -2.47. The highest BCUT2D eigenvalue weighted by Gasteiger charge is 2.26. The van der Waals surface area contributed by atoms with E-state index >= 15 is 0 Å². The zero-order chi connectivity index (χ0) is 22.5. The highest BCUT2D eigenvalue weighted by molar-refractivity contribution is 6.03. The number of nitrogens with one attached hydrogen (secondary N) is 3. The summed E-state index contributed by atoms with van der Waals surface area (Å²) in [7, 11) is 4.54. The summed E-state index contributed by atoms with van der Waals surface area (Å²) in [5.74, 6) is 0.816. The fraction of sp³-hybridized carbons (Fsp3) is 0.318. The van der Waals surface area contributed by atoms with Gasteiger partial charge in [0.2, 0.25) is 11.7 Å². The normalized spacial score (nSPS) is 11.8. The quantitative estimate of drug-likeness (QED) is 0.510. The number of nitrogens with zero attached hydrogens (tertiary/aromatic N) is 1. The van der Waals surface area contributed by atoms with Gasteiger partial charge in [0.05, 0.1) is 26.8 Å². The average Bonchev–Trinajstić information content (AvgIpc) is 3.20. The molecule has 1 atom stereocenters. The monoisotopic (exact) mass is 426 g/mol. The van der Waals surface area contributed by atoms with Crippen LogP contribution in [-0.4, -0.2) is 49.2 Å². The van der Waals surface area contributed by atoms with Crippen molar-refractivity contribution in [1.29, 1.82) is 0 Å². The number of hydrogen-bond acceptors (Lipinski definition) is 6. The minimum absolute atomic E-state index is 0.147. The molecule has 164 valence electrons. The van der Waals surface area contributed by atoms with Crippen LogP contribution in [0.15, 0.2) is 36.5 Å². The van der Waals surface area contributed by atoms with Crippen molar-refractivity contribution in [2.75, 3.05) is 26.6 Å². The van der Waals surface area contributed by atoms with Crippen molar-refractivity contribution in [3.05, 3.63) is 42.2 Å². The van der Waals surface area contributed by atoms with Crippen LogP contribution >= 0.6 is 0 Å². The van der Waals surface area contributed by atoms with E-state index in [4.69, 9.17) is 14.2 Å². The third kappa shape index (κ3) is 4.55. The van der Waals surface area contributed by atoms with Crippen LogP contribution < -0.4 is 24.8 Å². The molecule has 0 bridgehead atoms. The Kier molecular flexibility index (Phi) is 6.64. The maximum absolute atomic E-state index is 13.0. The minimum atomic E-state index is -0.758. The van der Waals surface area contributed by atoms with Crippen LogP contribution in [-0.2, 0) is 4.79 Å². The summed E-state index contributed by atoms with van der Waals surface area (Å²) < 4.78 is 16.2. The van der Waals surface area contributed by atoms with E-state index < -0.39 is 11.9 Å². The predicted molar refractivity (Wildman–Crippen MR) is 117 cm³/mol. The van der Waals surface area contributed by atoms with Crippen molar-refractivity contribution in [3.8, 4) is 17.2 Å². The lowest BCUT2D eigenvalue weighted by molar-refractivity contribution is -0.118. The number of carbonyl (C=O) groups excluding carboxylic acids is 2. The maximum atomic E-state index is 13.0. The van der Waals surface area contributed by atoms with E-state index in [-0.39, 0.29) is 17.5 Å². The van der Waals surface area contributed by atoms with Crippen LogP contribution in [0.25, 0.3) is 10.9 Å². The van der Waals surface area contributed by atoms with E-state index in [2.05, 4.69) is 20.6 Å². The molecule has 0 fully saturated rings. The summed E-state index contributed by atoms with van der Waals surface area (Å²) in [6.45, 7) is 3.71. The second kappa shape index (κ2) is 9.38. The molecule has 0 saturated heterocycles. The molecule has 3 aromatic rings. The first-order chi connectivity index (χ1) is 14.9. The number of aromatic amines is 1. The molecule has 2 aromatic heterocycles. The number of fused-ring (bicyclic) bond motifs is 1. The lowest BCUT2D eigenvalue weighted by atomic mass is 10.0. The fourth-order valence-corrected chi connectivity index (χ4v) is 3.26. The van der Waals surface area contributed by atoms with Crippen LogP contribution in [0.5, 0.6) is 17.2 Å². The van der Waals surface area contributed by atoms with Crippen molar-refractivity contribution < 1.29 is 23.8 Å². The minimum Gasteiger partial charge on any atom is -0.493 e. The molecule has 0 aliphatic carbocycles. The molecule has 31 heavy (non-hydrogen) atoms. The molecule has 2 amide bonds. The second-order valence-electron chi connectivity index (χ2n) is 7.19. The number of H-pyrrole nitrogens is 1. The first-order valence-corrected chi connectivity index (χ1v) is 9.74. The second-order valence-corrected chi connectivity index (χ2v) is 7.19. The number of hydrogen-bond donors (Lipinski definition) is 3. The molecule has 2 heterocycles. The Hall–Kier alpha value is -3.75. The standard InChI is InChI=1S/C22H26N4O5/c1-12(2)17(22(28)25-16-8-6-7-9-23-16)26-21(27)14-10-13-11-15(29-3)19(30-4)20(31-5)18(13)24-14/h6-12,17,24H,1-5H3,(H,26,27)(H,23,25,28)/t17-/m0/s1. The molecule has 0 saturated carbocycles. The summed E-state index contributed by atoms with van der Waals surface area (Å²) in [4.78, 5) is 32.8. The van der Waals surface area contributed by atoms with Crippen molar-refractivity contribution in [3.63, 3.8) is 0 Å². The highest BCUT2D eigenvalue weighted by Crippen LogP contribution is 2.43. The van der Waals surface area contributed by atoms with Gasteiger partial charge in [0, 0.05) is 11.6 Å². The summed E-state index contributed by atoms with van der Waals surface area (Å²) in [5, 5.41) is 6.23. The molecular formula is C22H26N4O5. The number of ether oxygens (including phenoxy) is 3. The van der Waals surface area contributed by atoms with Gasteiger partial charge in [-0.2, -0.15) is 0 Å². The summed E-state index contributed by atoms with van der Waals surface area (Å²) in [6, 6.07) is 7.87. The molecular weight excluding hydrogens is 400 g/mol. The summed E-state index contributed by atoms with van der Waals surface area (Å²) >= 11 is 0. The van der Waals surface area contributed by atoms with Gasteiger partial charge in [-0.15, -0.1) is 0 Å². The number of anilines is 1. The fourth-order valence-electron chi connectivity index (χ4n) is 3.26. The molecule has 3 rings (SSSR count). The first kappa shape index (κ1) is 21.9. The van der Waals surface area contributed by atoms with Gasteiger partial charge in [-0.25, -0.2) is 4.98 Å². The Labute approximate surface area is 180 Å². The van der Waals surface area contributed by atoms with Crippen LogP contribution in [0.2, 0.25) is 0 Å². The van der Waals surface area contributed by atoms with Crippen LogP contribution in [0.4, 0.5) is 5.82 Å². The number of methoxy groups -OCH3 is 3. The lowest BCUT2D eigenvalue weighted by Gasteiger charge is -2.21. The maximum Gasteiger partial charge on any atom is 0.268 e. The Morgan fingerprint density at radius 3 is 2.35 bits per heavy atom. The van der Waals surface area contributed by atoms with Gasteiger partial charge in [0.25, 0.3) is 5.91 Å². The smallest absolute Gasteiger partial charge is 0.268 e. The van der Waals surface area contributed by atoms with E-state index in [1.54, 1.807) is 36.5 Å². The molecule has 1 aromatic carbocycles. The molecule has 0 spiro atoms. The molecule has 0 radical (unpaired) electrons. The van der Waals surface area contributed by atoms with E-state index in [1.165, 1.54) is 21.3 Å². The molecule has 0 aliphatic rings. The largest absolute Gasteiger partial charge is 0.493 e. The molecule has 0 aliphatic heterocycles. The zero-order valence-corrected chi connectivity index (χ0v) is 18.1. The first-order valence-electron chi connectivity index (χ1n) is 9.74. The van der Waals surface area contributed by atoms with Crippen molar-refractivity contribution >= 4 is 28.5 Å². The van der Waals surface area contributed by atoms with E-state index in [1.807, 2.05) is 13.8 Å². The molecule has 0 unspecified atom stereocenters. The molecule has 3 N–H and O–H groups in total. The number of pyridine rings is 1. The van der Waals surface area contributed by atoms with Crippen molar-refractivity contribution in [1.82, 2.24) is 15.3 Å². The van der Waals surface area contributed by atoms with Gasteiger partial charge in [-0.3, -0.25) is 9.59 Å². The Morgan fingerprint density at radius 2 is 1.77 bits per heavy atom. The SMILES string of the molecule is COc1cc2cc(C(=O)N[C@H](C(=O)Nc3ccccn3)C(C)C)[nH]c2c(OC)c1OC. The topological polar surface area (TPSA) is 115 Å². The summed E-state index contributed by atoms with van der Waals surface area (Å²) in [5.41, 5.74) is 0.865. The van der Waals surface area contributed by atoms with Crippen LogP contribution in [0.3, 0.4) is 0 Å². The van der Waals surface area contributed by atoms with Gasteiger partial charge in [-0.1, -0.05) is 19.9 Å². The Bertz CT molecular complexity index is 1080. The van der Waals surface area contributed by atoms with Gasteiger partial charge in [-0.05, 0) is 30.2 Å². The van der Waals surface area contributed by atoms with Gasteiger partial charge >= 0.3 is 0 Å².